The van der Waals surface area contributed by atoms with Crippen molar-refractivity contribution in [2.75, 3.05) is 19.7 Å². The first-order chi connectivity index (χ1) is 15.7. The number of benzene rings is 2. The number of aromatic amines is 1. The van der Waals surface area contributed by atoms with E-state index in [1.165, 1.54) is 4.90 Å². The lowest BCUT2D eigenvalue weighted by molar-refractivity contribution is -0.141. The van der Waals surface area contributed by atoms with Crippen LogP contribution < -0.4 is 4.74 Å². The quantitative estimate of drug-likeness (QED) is 0.621. The molecule has 3 heterocycles. The Balaban J connectivity index is 1.24. The topological polar surface area (TPSA) is 91.4 Å². The van der Waals surface area contributed by atoms with Crippen LogP contribution in [-0.2, 0) is 11.0 Å². The van der Waals surface area contributed by atoms with Crippen LogP contribution in [0.4, 0.5) is 13.2 Å². The van der Waals surface area contributed by atoms with Crippen molar-refractivity contribution in [3.8, 4) is 5.75 Å². The molecular formula is C21H17ClF3N5O3. The molecule has 33 heavy (non-hydrogen) atoms. The Bertz CT molecular complexity index is 1250. The normalized spacial score (nSPS) is 20.0. The van der Waals surface area contributed by atoms with Crippen LogP contribution >= 0.6 is 11.6 Å². The van der Waals surface area contributed by atoms with Crippen LogP contribution in [0, 0.1) is 0 Å². The molecule has 172 valence electrons. The number of hydrogen-bond donors (Lipinski definition) is 1. The third kappa shape index (κ3) is 3.75. The largest absolute Gasteiger partial charge is 0.483 e. The van der Waals surface area contributed by atoms with Gasteiger partial charge in [-0.15, -0.1) is 0 Å². The molecule has 2 fully saturated rings. The molecule has 0 aliphatic carbocycles. The summed E-state index contributed by atoms with van der Waals surface area (Å²) < 4.78 is 44.9. The van der Waals surface area contributed by atoms with Gasteiger partial charge in [-0.1, -0.05) is 35.9 Å². The number of nitrogens with zero attached hydrogens (tertiary/aromatic N) is 4. The van der Waals surface area contributed by atoms with Gasteiger partial charge in [-0.3, -0.25) is 9.59 Å². The van der Waals surface area contributed by atoms with Gasteiger partial charge in [0, 0.05) is 28.9 Å². The van der Waals surface area contributed by atoms with E-state index in [-0.39, 0.29) is 37.7 Å². The zero-order valence-electron chi connectivity index (χ0n) is 17.0. The second-order valence-electron chi connectivity index (χ2n) is 7.95. The van der Waals surface area contributed by atoms with Gasteiger partial charge in [0.05, 0.1) is 12.1 Å². The van der Waals surface area contributed by atoms with Gasteiger partial charge in [0.2, 0.25) is 0 Å². The molecule has 0 unspecified atom stereocenters. The summed E-state index contributed by atoms with van der Waals surface area (Å²) in [5.41, 5.74) is -2.10. The fourth-order valence-corrected chi connectivity index (χ4v) is 4.75. The number of fused-ring (bicyclic) bond motifs is 3. The highest BCUT2D eigenvalue weighted by atomic mass is 35.5. The van der Waals surface area contributed by atoms with Crippen LogP contribution in [0.1, 0.15) is 22.6 Å². The maximum Gasteiger partial charge on any atom is 0.437 e. The van der Waals surface area contributed by atoms with Crippen molar-refractivity contribution in [2.45, 2.75) is 24.7 Å². The molecule has 2 aliphatic rings. The van der Waals surface area contributed by atoms with Gasteiger partial charge in [-0.25, -0.2) is 0 Å². The average Bonchev–Trinajstić information content (AvgIpc) is 3.53. The van der Waals surface area contributed by atoms with Crippen molar-refractivity contribution in [3.05, 3.63) is 52.8 Å². The summed E-state index contributed by atoms with van der Waals surface area (Å²) in [6.45, 7) is 0.146. The van der Waals surface area contributed by atoms with Crippen LogP contribution in [0.25, 0.3) is 10.8 Å². The van der Waals surface area contributed by atoms with Crippen molar-refractivity contribution in [1.29, 1.82) is 0 Å². The third-order valence-corrected chi connectivity index (χ3v) is 6.35. The van der Waals surface area contributed by atoms with E-state index in [1.54, 1.807) is 17.0 Å². The Hall–Kier alpha value is -3.34. The number of likely N-dealkylation sites (tertiary alicyclic amines) is 2. The van der Waals surface area contributed by atoms with Crippen molar-refractivity contribution >= 4 is 34.2 Å². The molecule has 0 spiro atoms. The summed E-state index contributed by atoms with van der Waals surface area (Å²) in [5.74, 6) is -0.583. The molecule has 2 aliphatic heterocycles. The predicted molar refractivity (Wildman–Crippen MR) is 111 cm³/mol. The first-order valence-corrected chi connectivity index (χ1v) is 10.5. The van der Waals surface area contributed by atoms with Gasteiger partial charge >= 0.3 is 6.18 Å². The Morgan fingerprint density at radius 3 is 2.45 bits per heavy atom. The number of ether oxygens (including phenoxy) is 1. The minimum Gasteiger partial charge on any atom is -0.483 e. The highest BCUT2D eigenvalue weighted by molar-refractivity contribution is 6.35. The Labute approximate surface area is 190 Å². The monoisotopic (exact) mass is 479 g/mol. The van der Waals surface area contributed by atoms with Gasteiger partial charge in [-0.05, 0) is 18.6 Å². The summed E-state index contributed by atoms with van der Waals surface area (Å²) in [4.78, 5) is 28.4. The van der Waals surface area contributed by atoms with Gasteiger partial charge in [0.1, 0.15) is 5.75 Å². The molecule has 12 heteroatoms. The fraction of sp³-hybridized carbons (Fsp3) is 0.333. The molecule has 3 aromatic rings. The molecule has 0 saturated carbocycles. The number of H-pyrrole nitrogens is 1. The van der Waals surface area contributed by atoms with Crippen LogP contribution in [-0.4, -0.2) is 68.8 Å². The molecule has 1 aromatic heterocycles. The van der Waals surface area contributed by atoms with E-state index < -0.39 is 23.5 Å². The van der Waals surface area contributed by atoms with E-state index >= 15 is 0 Å². The van der Waals surface area contributed by atoms with E-state index in [1.807, 2.05) is 29.5 Å². The highest BCUT2D eigenvalue weighted by Gasteiger charge is 2.49. The molecule has 1 N–H and O–H groups in total. The second-order valence-corrected chi connectivity index (χ2v) is 8.35. The highest BCUT2D eigenvalue weighted by Crippen LogP contribution is 2.35. The molecular weight excluding hydrogens is 463 g/mol. The molecule has 2 saturated heterocycles. The number of carbonyl (C=O) groups is 2. The Morgan fingerprint density at radius 1 is 1.06 bits per heavy atom. The summed E-state index contributed by atoms with van der Waals surface area (Å²) in [6, 6.07) is 10.1. The standard InChI is InChI=1S/C21H17ClF3N5O3/c22-15-5-6-16(14-4-2-1-3-13(14)15)33-10-17(31)29-8-12-7-11(29)9-30(12)20(32)18-19(21(23,24)25)27-28-26-18/h1-6,11-12H,7-10H2,(H,26,27,28)/t11-,12-/m0/s1. The first kappa shape index (κ1) is 21.5. The number of nitrogens with one attached hydrogen (secondary N) is 1. The molecule has 0 radical (unpaired) electrons. The van der Waals surface area contributed by atoms with Gasteiger partial charge in [-0.2, -0.15) is 28.6 Å². The van der Waals surface area contributed by atoms with Gasteiger partial charge in [0.25, 0.3) is 11.8 Å². The number of piperazine rings is 1. The summed E-state index contributed by atoms with van der Waals surface area (Å²) in [5, 5.41) is 10.5. The lowest BCUT2D eigenvalue weighted by atomic mass is 10.1. The van der Waals surface area contributed by atoms with Gasteiger partial charge < -0.3 is 14.5 Å². The molecule has 2 bridgehead atoms. The van der Waals surface area contributed by atoms with Crippen molar-refractivity contribution in [1.82, 2.24) is 25.2 Å². The fourth-order valence-electron chi connectivity index (χ4n) is 4.52. The van der Waals surface area contributed by atoms with Crippen molar-refractivity contribution < 1.29 is 27.5 Å². The van der Waals surface area contributed by atoms with E-state index in [4.69, 9.17) is 16.3 Å². The zero-order chi connectivity index (χ0) is 23.3. The molecule has 8 nitrogen and oxygen atoms in total. The van der Waals surface area contributed by atoms with Crippen LogP contribution in [0.15, 0.2) is 36.4 Å². The summed E-state index contributed by atoms with van der Waals surface area (Å²) in [7, 11) is 0. The zero-order valence-corrected chi connectivity index (χ0v) is 17.7. The smallest absolute Gasteiger partial charge is 0.437 e. The van der Waals surface area contributed by atoms with Crippen LogP contribution in [0.3, 0.4) is 0 Å². The maximum atomic E-state index is 13.1. The molecule has 5 rings (SSSR count). The lowest BCUT2D eigenvalue weighted by Crippen LogP contribution is -2.52. The minimum absolute atomic E-state index is 0.128. The number of carbonyl (C=O) groups excluding carboxylic acids is 2. The van der Waals surface area contributed by atoms with E-state index in [0.29, 0.717) is 17.2 Å². The second kappa shape index (κ2) is 7.91. The number of aromatic nitrogens is 3. The number of hydrogen-bond acceptors (Lipinski definition) is 5. The van der Waals surface area contributed by atoms with Crippen molar-refractivity contribution in [3.63, 3.8) is 0 Å². The number of amides is 2. The summed E-state index contributed by atoms with van der Waals surface area (Å²) >= 11 is 6.21. The van der Waals surface area contributed by atoms with E-state index in [9.17, 15) is 22.8 Å². The lowest BCUT2D eigenvalue weighted by Gasteiger charge is -2.34. The summed E-state index contributed by atoms with van der Waals surface area (Å²) in [6.07, 6.45) is -4.30. The number of alkyl halides is 3. The maximum absolute atomic E-state index is 13.1. The molecule has 2 amide bonds. The predicted octanol–water partition coefficient (Wildman–Crippen LogP) is 3.13. The third-order valence-electron chi connectivity index (χ3n) is 6.02. The van der Waals surface area contributed by atoms with E-state index in [0.717, 1.165) is 10.8 Å². The number of rotatable bonds is 4. The molecule has 2 atom stereocenters. The van der Waals surface area contributed by atoms with Crippen LogP contribution in [0.5, 0.6) is 5.75 Å². The SMILES string of the molecule is O=C(COc1ccc(Cl)c2ccccc12)N1C[C@@H]2C[C@H]1CN2C(=O)c1n[nH]nc1C(F)(F)F. The Morgan fingerprint density at radius 2 is 1.76 bits per heavy atom. The van der Waals surface area contributed by atoms with Crippen molar-refractivity contribution in [2.24, 2.45) is 0 Å². The average molecular weight is 480 g/mol. The van der Waals surface area contributed by atoms with Crippen LogP contribution in [0.2, 0.25) is 5.02 Å². The van der Waals surface area contributed by atoms with Gasteiger partial charge in [0.15, 0.2) is 18.0 Å². The minimum atomic E-state index is -4.79. The number of halogens is 4. The Kier molecular flexibility index (Phi) is 5.15. The van der Waals surface area contributed by atoms with E-state index in [2.05, 4.69) is 10.2 Å². The first-order valence-electron chi connectivity index (χ1n) is 10.1. The molecule has 2 aromatic carbocycles.